The van der Waals surface area contributed by atoms with Crippen molar-refractivity contribution in [2.75, 3.05) is 7.11 Å². The van der Waals surface area contributed by atoms with Crippen LogP contribution < -0.4 is 0 Å². The van der Waals surface area contributed by atoms with Crippen LogP contribution in [-0.2, 0) is 11.3 Å². The highest BCUT2D eigenvalue weighted by molar-refractivity contribution is 5.92. The number of rotatable bonds is 4. The minimum absolute atomic E-state index is 0.113. The van der Waals surface area contributed by atoms with E-state index in [4.69, 9.17) is 9.84 Å². The van der Waals surface area contributed by atoms with Crippen molar-refractivity contribution in [2.24, 2.45) is 0 Å². The Balaban J connectivity index is 2.06. The topological polar surface area (TPSA) is 64.4 Å². The molecule has 1 saturated carbocycles. The van der Waals surface area contributed by atoms with Gasteiger partial charge < -0.3 is 14.4 Å². The quantitative estimate of drug-likeness (QED) is 0.930. The molecule has 0 aliphatic heterocycles. The Morgan fingerprint density at radius 2 is 2.25 bits per heavy atom. The molecule has 0 saturated heterocycles. The Kier molecular flexibility index (Phi) is 3.01. The van der Waals surface area contributed by atoms with Crippen molar-refractivity contribution >= 4 is 17.0 Å². The zero-order valence-electron chi connectivity index (χ0n) is 11.7. The van der Waals surface area contributed by atoms with Crippen LogP contribution in [0.1, 0.15) is 35.4 Å². The second kappa shape index (κ2) is 4.59. The van der Waals surface area contributed by atoms with Gasteiger partial charge in [0.15, 0.2) is 0 Å². The summed E-state index contributed by atoms with van der Waals surface area (Å²) in [5, 5.41) is 9.12. The van der Waals surface area contributed by atoms with Gasteiger partial charge in [-0.1, -0.05) is 0 Å². The van der Waals surface area contributed by atoms with Crippen LogP contribution in [0, 0.1) is 6.92 Å². The Morgan fingerprint density at radius 1 is 1.50 bits per heavy atom. The highest BCUT2D eigenvalue weighted by atomic mass is 16.5. The number of carbonyl (C=O) groups is 1. The van der Waals surface area contributed by atoms with E-state index in [0.29, 0.717) is 5.56 Å². The first-order valence-corrected chi connectivity index (χ1v) is 6.80. The molecule has 3 rings (SSSR count). The van der Waals surface area contributed by atoms with Crippen LogP contribution >= 0.6 is 0 Å². The molecule has 20 heavy (non-hydrogen) atoms. The first-order valence-electron chi connectivity index (χ1n) is 6.80. The normalized spacial score (nSPS) is 17.1. The van der Waals surface area contributed by atoms with Gasteiger partial charge in [0.25, 0.3) is 0 Å². The van der Waals surface area contributed by atoms with Gasteiger partial charge in [-0.25, -0.2) is 9.78 Å². The van der Waals surface area contributed by atoms with Crippen LogP contribution in [-0.4, -0.2) is 33.3 Å². The summed E-state index contributed by atoms with van der Waals surface area (Å²) >= 11 is 0. The van der Waals surface area contributed by atoms with Crippen molar-refractivity contribution in [1.29, 1.82) is 0 Å². The molecule has 0 radical (unpaired) electrons. The van der Waals surface area contributed by atoms with Crippen LogP contribution in [0.4, 0.5) is 0 Å². The molecule has 5 heteroatoms. The first kappa shape index (κ1) is 13.1. The van der Waals surface area contributed by atoms with E-state index in [1.165, 1.54) is 6.42 Å². The zero-order valence-corrected chi connectivity index (χ0v) is 11.7. The molecule has 1 aromatic heterocycles. The van der Waals surface area contributed by atoms with Crippen LogP contribution in [0.3, 0.4) is 0 Å². The average Bonchev–Trinajstić information content (AvgIpc) is 2.68. The van der Waals surface area contributed by atoms with Crippen LogP contribution in [0.5, 0.6) is 0 Å². The van der Waals surface area contributed by atoms with E-state index in [1.54, 1.807) is 25.3 Å². The van der Waals surface area contributed by atoms with Gasteiger partial charge in [-0.2, -0.15) is 0 Å². The number of aryl methyl sites for hydroxylation is 1. The molecule has 106 valence electrons. The lowest BCUT2D eigenvalue weighted by molar-refractivity contribution is -0.0831. The standard InChI is InChI=1S/C15H18N2O3/c1-10-16-12-5-4-11(14(18)19)8-13(12)17(10)9-15(20-2)6-3-7-15/h4-5,8H,3,6-7,9H2,1-2H3,(H,18,19). The molecule has 1 aliphatic carbocycles. The van der Waals surface area contributed by atoms with Gasteiger partial charge in [-0.3, -0.25) is 0 Å². The number of aromatic carboxylic acids is 1. The molecular formula is C15H18N2O3. The predicted octanol–water partition coefficient (Wildman–Crippen LogP) is 2.61. The minimum atomic E-state index is -0.914. The summed E-state index contributed by atoms with van der Waals surface area (Å²) in [4.78, 5) is 15.6. The van der Waals surface area contributed by atoms with E-state index in [9.17, 15) is 4.79 Å². The Morgan fingerprint density at radius 3 is 2.80 bits per heavy atom. The predicted molar refractivity (Wildman–Crippen MR) is 75.0 cm³/mol. The molecule has 2 aromatic rings. The number of carboxylic acid groups (broad SMARTS) is 1. The fourth-order valence-electron chi connectivity index (χ4n) is 2.86. The first-order chi connectivity index (χ1) is 9.54. The molecule has 0 spiro atoms. The van der Waals surface area contributed by atoms with E-state index in [2.05, 4.69) is 9.55 Å². The fraction of sp³-hybridized carbons (Fsp3) is 0.467. The second-order valence-electron chi connectivity index (χ2n) is 5.49. The molecule has 1 fully saturated rings. The van der Waals surface area contributed by atoms with Gasteiger partial charge in [0, 0.05) is 7.11 Å². The molecule has 0 unspecified atom stereocenters. The van der Waals surface area contributed by atoms with Gasteiger partial charge in [0.05, 0.1) is 28.7 Å². The van der Waals surface area contributed by atoms with Crippen molar-refractivity contribution in [2.45, 2.75) is 38.3 Å². The number of hydrogen-bond acceptors (Lipinski definition) is 3. The molecule has 5 nitrogen and oxygen atoms in total. The summed E-state index contributed by atoms with van der Waals surface area (Å²) in [6.45, 7) is 2.68. The zero-order chi connectivity index (χ0) is 14.3. The SMILES string of the molecule is COC1(Cn2c(C)nc3ccc(C(=O)O)cc32)CCC1. The monoisotopic (exact) mass is 274 g/mol. The van der Waals surface area contributed by atoms with E-state index in [0.717, 1.165) is 36.2 Å². The fourth-order valence-corrected chi connectivity index (χ4v) is 2.86. The summed E-state index contributed by atoms with van der Waals surface area (Å²) in [6, 6.07) is 5.05. The maximum absolute atomic E-state index is 11.1. The van der Waals surface area contributed by atoms with Crippen LogP contribution in [0.25, 0.3) is 11.0 Å². The van der Waals surface area contributed by atoms with Crippen molar-refractivity contribution < 1.29 is 14.6 Å². The summed E-state index contributed by atoms with van der Waals surface area (Å²) in [5.41, 5.74) is 1.87. The molecule has 0 bridgehead atoms. The smallest absolute Gasteiger partial charge is 0.335 e. The number of carboxylic acids is 1. The minimum Gasteiger partial charge on any atom is -0.478 e. The summed E-state index contributed by atoms with van der Waals surface area (Å²) in [6.07, 6.45) is 3.27. The number of nitrogens with zero attached hydrogens (tertiary/aromatic N) is 2. The summed E-state index contributed by atoms with van der Waals surface area (Å²) in [5.74, 6) is -0.0201. The number of ether oxygens (including phenoxy) is 1. The number of fused-ring (bicyclic) bond motifs is 1. The molecule has 0 atom stereocenters. The highest BCUT2D eigenvalue weighted by Gasteiger charge is 2.38. The Labute approximate surface area is 117 Å². The Hall–Kier alpha value is -1.88. The molecule has 1 aliphatic rings. The lowest BCUT2D eigenvalue weighted by Crippen LogP contribution is -2.43. The number of hydrogen-bond donors (Lipinski definition) is 1. The molecule has 1 heterocycles. The largest absolute Gasteiger partial charge is 0.478 e. The van der Waals surface area contributed by atoms with Crippen molar-refractivity contribution in [3.63, 3.8) is 0 Å². The number of imidazole rings is 1. The van der Waals surface area contributed by atoms with E-state index in [1.807, 2.05) is 6.92 Å². The third kappa shape index (κ3) is 1.98. The van der Waals surface area contributed by atoms with Crippen LogP contribution in [0.15, 0.2) is 18.2 Å². The second-order valence-corrected chi connectivity index (χ2v) is 5.49. The van der Waals surface area contributed by atoms with Gasteiger partial charge in [-0.05, 0) is 44.4 Å². The molecule has 0 amide bonds. The van der Waals surface area contributed by atoms with Gasteiger partial charge in [0.2, 0.25) is 0 Å². The van der Waals surface area contributed by atoms with Gasteiger partial charge >= 0.3 is 5.97 Å². The average molecular weight is 274 g/mol. The van der Waals surface area contributed by atoms with Crippen molar-refractivity contribution in [3.8, 4) is 0 Å². The van der Waals surface area contributed by atoms with E-state index < -0.39 is 5.97 Å². The summed E-state index contributed by atoms with van der Waals surface area (Å²) < 4.78 is 7.74. The molecule has 1 N–H and O–H groups in total. The van der Waals surface area contributed by atoms with Crippen molar-refractivity contribution in [1.82, 2.24) is 9.55 Å². The number of aromatic nitrogens is 2. The Bertz CT molecular complexity index is 666. The van der Waals surface area contributed by atoms with Gasteiger partial charge in [-0.15, -0.1) is 0 Å². The maximum Gasteiger partial charge on any atom is 0.335 e. The summed E-state index contributed by atoms with van der Waals surface area (Å²) in [7, 11) is 1.75. The highest BCUT2D eigenvalue weighted by Crippen LogP contribution is 2.37. The maximum atomic E-state index is 11.1. The third-order valence-electron chi connectivity index (χ3n) is 4.33. The lowest BCUT2D eigenvalue weighted by atomic mass is 9.80. The van der Waals surface area contributed by atoms with Gasteiger partial charge in [0.1, 0.15) is 5.82 Å². The third-order valence-corrected chi connectivity index (χ3v) is 4.33. The van der Waals surface area contributed by atoms with E-state index >= 15 is 0 Å². The molecular weight excluding hydrogens is 256 g/mol. The number of benzene rings is 1. The lowest BCUT2D eigenvalue weighted by Gasteiger charge is -2.41. The molecule has 1 aromatic carbocycles. The number of methoxy groups -OCH3 is 1. The van der Waals surface area contributed by atoms with Crippen molar-refractivity contribution in [3.05, 3.63) is 29.6 Å². The van der Waals surface area contributed by atoms with E-state index in [-0.39, 0.29) is 5.60 Å². The van der Waals surface area contributed by atoms with Crippen LogP contribution in [0.2, 0.25) is 0 Å².